The van der Waals surface area contributed by atoms with Crippen molar-refractivity contribution < 1.29 is 9.18 Å². The van der Waals surface area contributed by atoms with Gasteiger partial charge in [-0.1, -0.05) is 0 Å². The maximum absolute atomic E-state index is 13.2. The quantitative estimate of drug-likeness (QED) is 0.716. The molecule has 4 rings (SSSR count). The van der Waals surface area contributed by atoms with Crippen LogP contribution in [0.2, 0.25) is 0 Å². The van der Waals surface area contributed by atoms with Crippen molar-refractivity contribution in [1.29, 1.82) is 0 Å². The van der Waals surface area contributed by atoms with Crippen LogP contribution in [-0.2, 0) is 0 Å². The molecule has 150 valence electrons. The Balaban J connectivity index is 1.54. The first-order valence-corrected chi connectivity index (χ1v) is 9.86. The molecule has 3 aromatic rings. The molecule has 0 aliphatic carbocycles. The number of rotatable bonds is 5. The fourth-order valence-corrected chi connectivity index (χ4v) is 3.80. The van der Waals surface area contributed by atoms with Crippen LogP contribution in [0.25, 0.3) is 5.69 Å². The molecule has 29 heavy (non-hydrogen) atoms. The lowest BCUT2D eigenvalue weighted by Gasteiger charge is -2.20. The predicted octanol–water partition coefficient (Wildman–Crippen LogP) is 3.81. The molecule has 1 aromatic carbocycles. The molecule has 2 aromatic heterocycles. The monoisotopic (exact) mass is 393 g/mol. The van der Waals surface area contributed by atoms with Gasteiger partial charge in [0, 0.05) is 30.5 Å². The lowest BCUT2D eigenvalue weighted by atomic mass is 10.1. The molecule has 1 fully saturated rings. The first kappa shape index (κ1) is 19.1. The van der Waals surface area contributed by atoms with Crippen LogP contribution in [0.5, 0.6) is 0 Å². The van der Waals surface area contributed by atoms with E-state index in [2.05, 4.69) is 20.3 Å². The van der Waals surface area contributed by atoms with Gasteiger partial charge < -0.3 is 10.2 Å². The van der Waals surface area contributed by atoms with E-state index in [1.807, 2.05) is 19.9 Å². The summed E-state index contributed by atoms with van der Waals surface area (Å²) in [5.74, 6) is 0.305. The number of carbonyl (C=O) groups is 1. The Morgan fingerprint density at radius 1 is 1.17 bits per heavy atom. The smallest absolute Gasteiger partial charge is 0.255 e. The number of amides is 1. The molecule has 7 heteroatoms. The van der Waals surface area contributed by atoms with Gasteiger partial charge in [0.1, 0.15) is 11.6 Å². The van der Waals surface area contributed by atoms with Crippen molar-refractivity contribution in [1.82, 2.24) is 20.1 Å². The van der Waals surface area contributed by atoms with Crippen molar-refractivity contribution >= 4 is 11.7 Å². The summed E-state index contributed by atoms with van der Waals surface area (Å²) in [5.41, 5.74) is 3.17. The van der Waals surface area contributed by atoms with Crippen LogP contribution in [0, 0.1) is 12.7 Å². The molecule has 0 saturated carbocycles. The van der Waals surface area contributed by atoms with E-state index >= 15 is 0 Å². The highest BCUT2D eigenvalue weighted by atomic mass is 19.1. The molecule has 1 N–H and O–H groups in total. The molecular weight excluding hydrogens is 369 g/mol. The number of pyridine rings is 1. The van der Waals surface area contributed by atoms with Crippen molar-refractivity contribution in [2.24, 2.45) is 0 Å². The number of hydrogen-bond acceptors (Lipinski definition) is 4. The summed E-state index contributed by atoms with van der Waals surface area (Å²) >= 11 is 0. The molecule has 0 spiro atoms. The van der Waals surface area contributed by atoms with Gasteiger partial charge in [-0.15, -0.1) is 0 Å². The molecule has 6 nitrogen and oxygen atoms in total. The van der Waals surface area contributed by atoms with Crippen LogP contribution in [0.15, 0.2) is 48.8 Å². The maximum atomic E-state index is 13.2. The van der Waals surface area contributed by atoms with Crippen LogP contribution in [-0.4, -0.2) is 33.8 Å². The number of hydrogen-bond donors (Lipinski definition) is 1. The zero-order valence-corrected chi connectivity index (χ0v) is 16.6. The standard InChI is InChI=1S/C22H24FN5O/c1-15(20-14-25-28(16(20)2)18-9-7-17(23)8-10-18)26-22(29)19-6-5-11-24-21(19)27-12-3-4-13-27/h5-11,14-15H,3-4,12-13H2,1-2H3,(H,26,29). The summed E-state index contributed by atoms with van der Waals surface area (Å²) < 4.78 is 14.9. The van der Waals surface area contributed by atoms with Gasteiger partial charge in [0.2, 0.25) is 0 Å². The molecule has 1 saturated heterocycles. The number of benzene rings is 1. The lowest BCUT2D eigenvalue weighted by molar-refractivity contribution is 0.0940. The number of carbonyl (C=O) groups excluding carboxylic acids is 1. The first-order valence-electron chi connectivity index (χ1n) is 9.86. The van der Waals surface area contributed by atoms with Crippen molar-refractivity contribution in [3.8, 4) is 5.69 Å². The summed E-state index contributed by atoms with van der Waals surface area (Å²) in [6.45, 7) is 5.73. The molecule has 1 atom stereocenters. The van der Waals surface area contributed by atoms with E-state index in [-0.39, 0.29) is 17.8 Å². The molecule has 3 heterocycles. The van der Waals surface area contributed by atoms with Gasteiger partial charge in [-0.05, 0) is 63.1 Å². The second kappa shape index (κ2) is 8.03. The average Bonchev–Trinajstić information content (AvgIpc) is 3.39. The highest BCUT2D eigenvalue weighted by Gasteiger charge is 2.23. The van der Waals surface area contributed by atoms with Crippen molar-refractivity contribution in [3.63, 3.8) is 0 Å². The summed E-state index contributed by atoms with van der Waals surface area (Å²) in [6.07, 6.45) is 5.71. The summed E-state index contributed by atoms with van der Waals surface area (Å²) in [5, 5.41) is 7.49. The van der Waals surface area contributed by atoms with E-state index in [1.54, 1.807) is 35.3 Å². The van der Waals surface area contributed by atoms with Gasteiger partial charge >= 0.3 is 0 Å². The Kier molecular flexibility index (Phi) is 5.29. The van der Waals surface area contributed by atoms with E-state index < -0.39 is 0 Å². The first-order chi connectivity index (χ1) is 14.0. The number of nitrogens with zero attached hydrogens (tertiary/aromatic N) is 4. The minimum absolute atomic E-state index is 0.151. The van der Waals surface area contributed by atoms with Crippen LogP contribution >= 0.6 is 0 Å². The molecule has 0 radical (unpaired) electrons. The van der Waals surface area contributed by atoms with Crippen molar-refractivity contribution in [2.45, 2.75) is 32.7 Å². The minimum atomic E-state index is -0.287. The molecular formula is C22H24FN5O. The Labute approximate surface area is 169 Å². The third-order valence-electron chi connectivity index (χ3n) is 5.37. The van der Waals surface area contributed by atoms with Gasteiger partial charge in [-0.3, -0.25) is 4.79 Å². The predicted molar refractivity (Wildman–Crippen MR) is 110 cm³/mol. The third kappa shape index (κ3) is 3.85. The third-order valence-corrected chi connectivity index (χ3v) is 5.37. The van der Waals surface area contributed by atoms with E-state index in [1.165, 1.54) is 12.1 Å². The van der Waals surface area contributed by atoms with Crippen LogP contribution in [0.4, 0.5) is 10.2 Å². The van der Waals surface area contributed by atoms with E-state index in [0.717, 1.165) is 48.7 Å². The second-order valence-corrected chi connectivity index (χ2v) is 7.34. The normalized spacial score (nSPS) is 14.8. The topological polar surface area (TPSA) is 63.1 Å². The van der Waals surface area contributed by atoms with Crippen LogP contribution < -0.4 is 10.2 Å². The summed E-state index contributed by atoms with van der Waals surface area (Å²) in [7, 11) is 0. The van der Waals surface area contributed by atoms with E-state index in [9.17, 15) is 9.18 Å². The highest BCUT2D eigenvalue weighted by molar-refractivity contribution is 5.99. The van der Waals surface area contributed by atoms with Gasteiger partial charge in [-0.25, -0.2) is 14.1 Å². The van der Waals surface area contributed by atoms with Gasteiger partial charge in [-0.2, -0.15) is 5.10 Å². The number of anilines is 1. The Morgan fingerprint density at radius 3 is 2.62 bits per heavy atom. The average molecular weight is 393 g/mol. The van der Waals surface area contributed by atoms with E-state index in [4.69, 9.17) is 0 Å². The molecule has 1 unspecified atom stereocenters. The van der Waals surface area contributed by atoms with Crippen LogP contribution in [0.3, 0.4) is 0 Å². The fourth-order valence-electron chi connectivity index (χ4n) is 3.80. The molecule has 0 bridgehead atoms. The van der Waals surface area contributed by atoms with Gasteiger partial charge in [0.25, 0.3) is 5.91 Å². The maximum Gasteiger partial charge on any atom is 0.255 e. The largest absolute Gasteiger partial charge is 0.356 e. The molecule has 1 amide bonds. The SMILES string of the molecule is Cc1c(C(C)NC(=O)c2cccnc2N2CCCC2)cnn1-c1ccc(F)cc1. The zero-order valence-electron chi connectivity index (χ0n) is 16.6. The van der Waals surface area contributed by atoms with Gasteiger partial charge in [0.15, 0.2) is 0 Å². The summed E-state index contributed by atoms with van der Waals surface area (Å²) in [4.78, 5) is 19.6. The number of nitrogens with one attached hydrogen (secondary N) is 1. The van der Waals surface area contributed by atoms with Crippen molar-refractivity contribution in [2.75, 3.05) is 18.0 Å². The Bertz CT molecular complexity index is 1010. The second-order valence-electron chi connectivity index (χ2n) is 7.34. The molecule has 1 aliphatic heterocycles. The van der Waals surface area contributed by atoms with E-state index in [0.29, 0.717) is 5.56 Å². The molecule has 1 aliphatic rings. The minimum Gasteiger partial charge on any atom is -0.356 e. The Hall–Kier alpha value is -3.22. The van der Waals surface area contributed by atoms with Crippen LogP contribution in [0.1, 0.15) is 47.4 Å². The van der Waals surface area contributed by atoms with Gasteiger partial charge in [0.05, 0.1) is 23.5 Å². The number of halogens is 1. The fraction of sp³-hybridized carbons (Fsp3) is 0.318. The highest BCUT2D eigenvalue weighted by Crippen LogP contribution is 2.24. The summed E-state index contributed by atoms with van der Waals surface area (Å²) in [6, 6.07) is 9.55. The number of aromatic nitrogens is 3. The van der Waals surface area contributed by atoms with Crippen molar-refractivity contribution in [3.05, 3.63) is 71.4 Å². The zero-order chi connectivity index (χ0) is 20.4. The lowest BCUT2D eigenvalue weighted by Crippen LogP contribution is -2.30. The Morgan fingerprint density at radius 2 is 1.90 bits per heavy atom.